The van der Waals surface area contributed by atoms with Crippen LogP contribution in [0.1, 0.15) is 35.2 Å². The molecule has 1 N–H and O–H groups in total. The van der Waals surface area contributed by atoms with Crippen molar-refractivity contribution in [2.45, 2.75) is 31.7 Å². The largest absolute Gasteiger partial charge is 0.346 e. The fourth-order valence-corrected chi connectivity index (χ4v) is 2.92. The van der Waals surface area contributed by atoms with Crippen molar-refractivity contribution in [1.82, 2.24) is 5.32 Å². The van der Waals surface area contributed by atoms with E-state index in [1.165, 1.54) is 6.42 Å². The lowest BCUT2D eigenvalue weighted by Crippen LogP contribution is -2.55. The van der Waals surface area contributed by atoms with Crippen LogP contribution in [0.15, 0.2) is 18.2 Å². The predicted molar refractivity (Wildman–Crippen MR) is 74.0 cm³/mol. The minimum Gasteiger partial charge on any atom is -0.346 e. The molecule has 2 rings (SSSR count). The Kier molecular flexibility index (Phi) is 3.79. The zero-order valence-electron chi connectivity index (χ0n) is 9.72. The van der Waals surface area contributed by atoms with Crippen LogP contribution in [0.3, 0.4) is 0 Å². The van der Waals surface area contributed by atoms with E-state index in [1.54, 1.807) is 12.1 Å². The molecule has 0 radical (unpaired) electrons. The summed E-state index contributed by atoms with van der Waals surface area (Å²) in [4.78, 5) is 12.2. The van der Waals surface area contributed by atoms with Crippen molar-refractivity contribution in [2.24, 2.45) is 0 Å². The fourth-order valence-electron chi connectivity index (χ4n) is 2.04. The minimum absolute atomic E-state index is 0.0239. The normalized spacial score (nSPS) is 17.4. The van der Waals surface area contributed by atoms with E-state index in [1.807, 2.05) is 13.0 Å². The third-order valence-electron chi connectivity index (χ3n) is 3.39. The molecular weight excluding hydrogens is 302 g/mol. The first-order valence-corrected chi connectivity index (χ1v) is 7.21. The number of benzene rings is 1. The molecule has 1 aliphatic carbocycles. The summed E-state index contributed by atoms with van der Waals surface area (Å²) in [6.45, 7) is 1.92. The van der Waals surface area contributed by atoms with E-state index in [0.717, 1.165) is 23.7 Å². The van der Waals surface area contributed by atoms with Gasteiger partial charge in [-0.2, -0.15) is 0 Å². The molecule has 1 aromatic rings. The number of hydrogen-bond donors (Lipinski definition) is 1. The second-order valence-electron chi connectivity index (χ2n) is 4.68. The lowest BCUT2D eigenvalue weighted by molar-refractivity contribution is 0.0856. The van der Waals surface area contributed by atoms with Gasteiger partial charge in [0.25, 0.3) is 5.91 Å². The van der Waals surface area contributed by atoms with Crippen molar-refractivity contribution < 1.29 is 4.79 Å². The highest BCUT2D eigenvalue weighted by atomic mass is 79.9. The van der Waals surface area contributed by atoms with E-state index in [9.17, 15) is 4.79 Å². The van der Waals surface area contributed by atoms with Crippen LogP contribution < -0.4 is 5.32 Å². The lowest BCUT2D eigenvalue weighted by atomic mass is 9.78. The highest BCUT2D eigenvalue weighted by Gasteiger charge is 2.37. The van der Waals surface area contributed by atoms with Crippen LogP contribution in [0.25, 0.3) is 0 Å². The van der Waals surface area contributed by atoms with Gasteiger partial charge >= 0.3 is 0 Å². The maximum Gasteiger partial charge on any atom is 0.252 e. The summed E-state index contributed by atoms with van der Waals surface area (Å²) in [5.41, 5.74) is 1.58. The highest BCUT2D eigenvalue weighted by molar-refractivity contribution is 9.09. The van der Waals surface area contributed by atoms with Crippen LogP contribution in [0.5, 0.6) is 0 Å². The van der Waals surface area contributed by atoms with E-state index in [2.05, 4.69) is 21.2 Å². The van der Waals surface area contributed by atoms with Gasteiger partial charge < -0.3 is 5.32 Å². The van der Waals surface area contributed by atoms with E-state index in [0.29, 0.717) is 10.6 Å². The van der Waals surface area contributed by atoms with Crippen molar-refractivity contribution >= 4 is 33.4 Å². The van der Waals surface area contributed by atoms with E-state index < -0.39 is 0 Å². The predicted octanol–water partition coefficient (Wildman–Crippen LogP) is 3.70. The van der Waals surface area contributed by atoms with Gasteiger partial charge in [0.15, 0.2) is 0 Å². The summed E-state index contributed by atoms with van der Waals surface area (Å²) in [5.74, 6) is -0.0239. The molecule has 1 saturated carbocycles. The Balaban J connectivity index is 2.17. The van der Waals surface area contributed by atoms with Gasteiger partial charge in [-0.05, 0) is 43.9 Å². The average molecular weight is 317 g/mol. The fraction of sp³-hybridized carbons (Fsp3) is 0.462. The van der Waals surface area contributed by atoms with Gasteiger partial charge in [0.2, 0.25) is 0 Å². The maximum atomic E-state index is 12.2. The summed E-state index contributed by atoms with van der Waals surface area (Å²) in [6, 6.07) is 5.41. The molecule has 0 saturated heterocycles. The van der Waals surface area contributed by atoms with Crippen LogP contribution in [-0.4, -0.2) is 16.8 Å². The zero-order chi connectivity index (χ0) is 12.5. The summed E-state index contributed by atoms with van der Waals surface area (Å²) >= 11 is 9.40. The SMILES string of the molecule is Cc1ccc(Cl)cc1C(=O)NC1(CBr)CCC1. The third-order valence-corrected chi connectivity index (χ3v) is 4.70. The van der Waals surface area contributed by atoms with Crippen LogP contribution in [0.4, 0.5) is 0 Å². The first kappa shape index (κ1) is 12.9. The number of hydrogen-bond acceptors (Lipinski definition) is 1. The van der Waals surface area contributed by atoms with Crippen LogP contribution in [0.2, 0.25) is 5.02 Å². The standard InChI is InChI=1S/C13H15BrClNO/c1-9-3-4-10(15)7-11(9)12(17)16-13(8-14)5-2-6-13/h3-4,7H,2,5-6,8H2,1H3,(H,16,17). The molecule has 0 aliphatic heterocycles. The molecule has 0 unspecified atom stereocenters. The summed E-state index contributed by atoms with van der Waals surface area (Å²) in [6.07, 6.45) is 3.27. The maximum absolute atomic E-state index is 12.2. The Morgan fingerprint density at radius 2 is 2.24 bits per heavy atom. The molecule has 0 bridgehead atoms. The third kappa shape index (κ3) is 2.66. The molecule has 1 fully saturated rings. The van der Waals surface area contributed by atoms with Gasteiger partial charge in [0.1, 0.15) is 0 Å². The Morgan fingerprint density at radius 3 is 2.76 bits per heavy atom. The Labute approximate surface area is 115 Å². The molecule has 0 atom stereocenters. The number of halogens is 2. The molecule has 92 valence electrons. The zero-order valence-corrected chi connectivity index (χ0v) is 12.1. The molecular formula is C13H15BrClNO. The van der Waals surface area contributed by atoms with Crippen molar-refractivity contribution in [1.29, 1.82) is 0 Å². The number of carbonyl (C=O) groups excluding carboxylic acids is 1. The van der Waals surface area contributed by atoms with Gasteiger partial charge in [-0.15, -0.1) is 0 Å². The smallest absolute Gasteiger partial charge is 0.252 e. The Hall–Kier alpha value is -0.540. The average Bonchev–Trinajstić information content (AvgIpc) is 2.26. The van der Waals surface area contributed by atoms with E-state index in [-0.39, 0.29) is 11.4 Å². The molecule has 1 aromatic carbocycles. The molecule has 1 aliphatic rings. The number of carbonyl (C=O) groups is 1. The molecule has 17 heavy (non-hydrogen) atoms. The van der Waals surface area contributed by atoms with Gasteiger partial charge in [-0.25, -0.2) is 0 Å². The molecule has 0 aromatic heterocycles. The summed E-state index contributed by atoms with van der Waals surface area (Å²) < 4.78 is 0. The minimum atomic E-state index is -0.0498. The quantitative estimate of drug-likeness (QED) is 0.847. The Morgan fingerprint density at radius 1 is 1.53 bits per heavy atom. The van der Waals surface area contributed by atoms with Crippen LogP contribution in [-0.2, 0) is 0 Å². The van der Waals surface area contributed by atoms with Crippen LogP contribution >= 0.6 is 27.5 Å². The second-order valence-corrected chi connectivity index (χ2v) is 5.68. The van der Waals surface area contributed by atoms with Crippen molar-refractivity contribution in [3.05, 3.63) is 34.3 Å². The van der Waals surface area contributed by atoms with Crippen LogP contribution in [0, 0.1) is 6.92 Å². The molecule has 1 amide bonds. The number of rotatable bonds is 3. The highest BCUT2D eigenvalue weighted by Crippen LogP contribution is 2.33. The van der Waals surface area contributed by atoms with Gasteiger partial charge in [0, 0.05) is 15.9 Å². The first-order chi connectivity index (χ1) is 8.06. The topological polar surface area (TPSA) is 29.1 Å². The van der Waals surface area contributed by atoms with Gasteiger partial charge in [0.05, 0.1) is 5.54 Å². The molecule has 0 heterocycles. The summed E-state index contributed by atoms with van der Waals surface area (Å²) in [7, 11) is 0. The second kappa shape index (κ2) is 4.99. The number of alkyl halides is 1. The van der Waals surface area contributed by atoms with E-state index >= 15 is 0 Å². The Bertz CT molecular complexity index is 438. The number of amides is 1. The summed E-state index contributed by atoms with van der Waals surface area (Å²) in [5, 5.41) is 4.53. The van der Waals surface area contributed by atoms with E-state index in [4.69, 9.17) is 11.6 Å². The van der Waals surface area contributed by atoms with Crippen molar-refractivity contribution in [2.75, 3.05) is 5.33 Å². The van der Waals surface area contributed by atoms with Crippen molar-refractivity contribution in [3.8, 4) is 0 Å². The first-order valence-electron chi connectivity index (χ1n) is 5.71. The molecule has 2 nitrogen and oxygen atoms in total. The van der Waals surface area contributed by atoms with Gasteiger partial charge in [-0.3, -0.25) is 4.79 Å². The number of nitrogens with one attached hydrogen (secondary N) is 1. The lowest BCUT2D eigenvalue weighted by Gasteiger charge is -2.41. The van der Waals surface area contributed by atoms with Gasteiger partial charge in [-0.1, -0.05) is 33.6 Å². The monoisotopic (exact) mass is 315 g/mol. The van der Waals surface area contributed by atoms with Crippen molar-refractivity contribution in [3.63, 3.8) is 0 Å². The molecule has 4 heteroatoms. The number of aryl methyl sites for hydroxylation is 1. The molecule has 0 spiro atoms.